The molecule has 0 saturated carbocycles. The van der Waals surface area contributed by atoms with E-state index in [-0.39, 0.29) is 17.4 Å². The topological polar surface area (TPSA) is 89.9 Å². The molecule has 7 heteroatoms. The summed E-state index contributed by atoms with van der Waals surface area (Å²) in [6.45, 7) is 5.71. The molecular formula is C16H22N6O. The molecule has 23 heavy (non-hydrogen) atoms. The van der Waals surface area contributed by atoms with E-state index in [0.717, 1.165) is 30.8 Å². The van der Waals surface area contributed by atoms with Crippen molar-refractivity contribution in [1.29, 1.82) is 0 Å². The lowest BCUT2D eigenvalue weighted by molar-refractivity contribution is -0.133. The van der Waals surface area contributed by atoms with Crippen molar-refractivity contribution >= 4 is 5.91 Å². The minimum atomic E-state index is -0.0299. The van der Waals surface area contributed by atoms with Gasteiger partial charge in [0.25, 0.3) is 0 Å². The number of hydrogen-bond donors (Lipinski definition) is 1. The first-order valence-corrected chi connectivity index (χ1v) is 7.81. The molecule has 1 unspecified atom stereocenters. The zero-order valence-corrected chi connectivity index (χ0v) is 13.5. The number of piperidine rings is 1. The number of likely N-dealkylation sites (tertiary alicyclic amines) is 1. The van der Waals surface area contributed by atoms with Crippen LogP contribution in [0.5, 0.6) is 0 Å². The summed E-state index contributed by atoms with van der Waals surface area (Å²) >= 11 is 0. The van der Waals surface area contributed by atoms with Crippen molar-refractivity contribution in [1.82, 2.24) is 25.1 Å². The van der Waals surface area contributed by atoms with E-state index in [2.05, 4.69) is 29.4 Å². The summed E-state index contributed by atoms with van der Waals surface area (Å²) < 4.78 is 1.58. The highest BCUT2D eigenvalue weighted by Crippen LogP contribution is 2.28. The number of aromatic nitrogens is 4. The molecular weight excluding hydrogens is 292 g/mol. The highest BCUT2D eigenvalue weighted by atomic mass is 16.2. The van der Waals surface area contributed by atoms with Gasteiger partial charge in [0.1, 0.15) is 6.33 Å². The van der Waals surface area contributed by atoms with Crippen LogP contribution in [-0.2, 0) is 11.2 Å². The predicted octanol–water partition coefficient (Wildman–Crippen LogP) is 0.791. The number of nitrogens with zero attached hydrogens (tertiary/aromatic N) is 5. The Morgan fingerprint density at radius 2 is 2.09 bits per heavy atom. The molecule has 7 nitrogen and oxygen atoms in total. The van der Waals surface area contributed by atoms with E-state index >= 15 is 0 Å². The van der Waals surface area contributed by atoms with Gasteiger partial charge in [0.15, 0.2) is 0 Å². The van der Waals surface area contributed by atoms with Crippen LogP contribution in [0.2, 0.25) is 0 Å². The molecule has 1 aromatic heterocycles. The molecule has 1 amide bonds. The van der Waals surface area contributed by atoms with Gasteiger partial charge in [-0.1, -0.05) is 26.0 Å². The Labute approximate surface area is 135 Å². The smallest absolute Gasteiger partial charge is 0.227 e. The number of nitrogens with two attached hydrogens (primary N) is 1. The van der Waals surface area contributed by atoms with Gasteiger partial charge in [-0.25, -0.2) is 4.68 Å². The van der Waals surface area contributed by atoms with Crippen LogP contribution in [0.15, 0.2) is 30.6 Å². The van der Waals surface area contributed by atoms with Gasteiger partial charge >= 0.3 is 0 Å². The standard InChI is InChI=1S/C16H22N6O/c1-16(2)10-21(8-7-14(16)17)15(23)9-12-3-5-13(6-4-12)22-11-18-19-20-22/h3-6,11,14H,7-10,17H2,1-2H3. The van der Waals surface area contributed by atoms with Crippen molar-refractivity contribution in [2.24, 2.45) is 11.1 Å². The fourth-order valence-corrected chi connectivity index (χ4v) is 2.92. The van der Waals surface area contributed by atoms with Gasteiger partial charge in [-0.15, -0.1) is 5.10 Å². The lowest BCUT2D eigenvalue weighted by atomic mass is 9.79. The zero-order chi connectivity index (χ0) is 16.4. The largest absolute Gasteiger partial charge is 0.342 e. The van der Waals surface area contributed by atoms with Gasteiger partial charge in [-0.05, 0) is 40.0 Å². The second kappa shape index (κ2) is 6.08. The van der Waals surface area contributed by atoms with E-state index in [1.165, 1.54) is 0 Å². The molecule has 0 aliphatic carbocycles. The van der Waals surface area contributed by atoms with E-state index < -0.39 is 0 Å². The first-order chi connectivity index (χ1) is 11.0. The molecule has 1 aliphatic rings. The third-order valence-corrected chi connectivity index (χ3v) is 4.57. The predicted molar refractivity (Wildman–Crippen MR) is 85.8 cm³/mol. The van der Waals surface area contributed by atoms with Gasteiger partial charge < -0.3 is 10.6 Å². The highest BCUT2D eigenvalue weighted by Gasteiger charge is 2.35. The lowest BCUT2D eigenvalue weighted by Gasteiger charge is -2.42. The second-order valence-electron chi connectivity index (χ2n) is 6.80. The minimum absolute atomic E-state index is 0.0299. The van der Waals surface area contributed by atoms with Gasteiger partial charge in [0.2, 0.25) is 5.91 Å². The summed E-state index contributed by atoms with van der Waals surface area (Å²) in [6.07, 6.45) is 2.80. The lowest BCUT2D eigenvalue weighted by Crippen LogP contribution is -2.54. The quantitative estimate of drug-likeness (QED) is 0.904. The Kier molecular flexibility index (Phi) is 4.12. The van der Waals surface area contributed by atoms with Crippen LogP contribution >= 0.6 is 0 Å². The third kappa shape index (κ3) is 3.39. The number of carbonyl (C=O) groups is 1. The van der Waals surface area contributed by atoms with Crippen LogP contribution in [0.4, 0.5) is 0 Å². The molecule has 1 fully saturated rings. The summed E-state index contributed by atoms with van der Waals surface area (Å²) in [5.41, 5.74) is 7.96. The maximum atomic E-state index is 12.5. The van der Waals surface area contributed by atoms with Gasteiger partial charge in [-0.2, -0.15) is 0 Å². The minimum Gasteiger partial charge on any atom is -0.342 e. The Bertz CT molecular complexity index is 664. The number of benzene rings is 1. The highest BCUT2D eigenvalue weighted by molar-refractivity contribution is 5.79. The fraction of sp³-hybridized carbons (Fsp3) is 0.500. The number of rotatable bonds is 3. The van der Waals surface area contributed by atoms with Crippen LogP contribution in [-0.4, -0.2) is 50.1 Å². The van der Waals surface area contributed by atoms with E-state index in [9.17, 15) is 4.79 Å². The van der Waals surface area contributed by atoms with Gasteiger partial charge in [-0.3, -0.25) is 4.79 Å². The number of amides is 1. The molecule has 2 heterocycles. The average Bonchev–Trinajstić information content (AvgIpc) is 3.05. The second-order valence-corrected chi connectivity index (χ2v) is 6.80. The van der Waals surface area contributed by atoms with Crippen molar-refractivity contribution in [2.45, 2.75) is 32.7 Å². The van der Waals surface area contributed by atoms with E-state index in [0.29, 0.717) is 6.42 Å². The van der Waals surface area contributed by atoms with Crippen LogP contribution in [0, 0.1) is 5.41 Å². The number of tetrazole rings is 1. The normalized spacial score (nSPS) is 20.5. The maximum Gasteiger partial charge on any atom is 0.227 e. The summed E-state index contributed by atoms with van der Waals surface area (Å²) in [4.78, 5) is 14.5. The Morgan fingerprint density at radius 3 is 2.70 bits per heavy atom. The summed E-state index contributed by atoms with van der Waals surface area (Å²) in [5, 5.41) is 11.1. The number of carbonyl (C=O) groups excluding carboxylic acids is 1. The first kappa shape index (κ1) is 15.6. The molecule has 2 N–H and O–H groups in total. The van der Waals surface area contributed by atoms with Crippen molar-refractivity contribution in [3.05, 3.63) is 36.2 Å². The monoisotopic (exact) mass is 314 g/mol. The molecule has 2 aromatic rings. The molecule has 122 valence electrons. The third-order valence-electron chi connectivity index (χ3n) is 4.57. The van der Waals surface area contributed by atoms with Crippen molar-refractivity contribution in [2.75, 3.05) is 13.1 Å². The van der Waals surface area contributed by atoms with E-state index in [4.69, 9.17) is 5.73 Å². The van der Waals surface area contributed by atoms with Crippen molar-refractivity contribution < 1.29 is 4.79 Å². The molecule has 3 rings (SSSR count). The van der Waals surface area contributed by atoms with E-state index in [1.54, 1.807) is 11.0 Å². The molecule has 0 radical (unpaired) electrons. The van der Waals surface area contributed by atoms with Crippen LogP contribution in [0.1, 0.15) is 25.8 Å². The van der Waals surface area contributed by atoms with Gasteiger partial charge in [0.05, 0.1) is 12.1 Å². The molecule has 1 saturated heterocycles. The van der Waals surface area contributed by atoms with Crippen LogP contribution in [0.3, 0.4) is 0 Å². The fourth-order valence-electron chi connectivity index (χ4n) is 2.92. The molecule has 1 aliphatic heterocycles. The molecule has 1 atom stereocenters. The zero-order valence-electron chi connectivity index (χ0n) is 13.5. The van der Waals surface area contributed by atoms with Gasteiger partial charge in [0, 0.05) is 19.1 Å². The summed E-state index contributed by atoms with van der Waals surface area (Å²) in [6, 6.07) is 7.86. The van der Waals surface area contributed by atoms with Crippen LogP contribution in [0.25, 0.3) is 5.69 Å². The van der Waals surface area contributed by atoms with E-state index in [1.807, 2.05) is 29.2 Å². The van der Waals surface area contributed by atoms with Crippen molar-refractivity contribution in [3.8, 4) is 5.69 Å². The summed E-state index contributed by atoms with van der Waals surface area (Å²) in [5.74, 6) is 0.153. The Balaban J connectivity index is 1.64. The average molecular weight is 314 g/mol. The van der Waals surface area contributed by atoms with Crippen LogP contribution < -0.4 is 5.73 Å². The molecule has 0 spiro atoms. The Hall–Kier alpha value is -2.28. The maximum absolute atomic E-state index is 12.5. The Morgan fingerprint density at radius 1 is 1.35 bits per heavy atom. The molecule has 0 bridgehead atoms. The molecule has 1 aromatic carbocycles. The SMILES string of the molecule is CC1(C)CN(C(=O)Cc2ccc(-n3cnnn3)cc2)CCC1N. The summed E-state index contributed by atoms with van der Waals surface area (Å²) in [7, 11) is 0. The first-order valence-electron chi connectivity index (χ1n) is 7.81. The number of hydrogen-bond acceptors (Lipinski definition) is 5. The van der Waals surface area contributed by atoms with Crippen molar-refractivity contribution in [3.63, 3.8) is 0 Å².